The van der Waals surface area contributed by atoms with Crippen LogP contribution in [0.15, 0.2) is 18.2 Å². The van der Waals surface area contributed by atoms with E-state index in [1.165, 1.54) is 0 Å². The van der Waals surface area contributed by atoms with Crippen LogP contribution in [0.4, 0.5) is 0 Å². The average Bonchev–Trinajstić information content (AvgIpc) is 3.09. The minimum Gasteiger partial charge on any atom is -0.496 e. The fourth-order valence-corrected chi connectivity index (χ4v) is 2.23. The lowest BCUT2D eigenvalue weighted by molar-refractivity contribution is -0.140. The average molecular weight is 234 g/mol. The van der Waals surface area contributed by atoms with E-state index >= 15 is 0 Å². The van der Waals surface area contributed by atoms with Gasteiger partial charge in [-0.15, -0.1) is 0 Å². The molecule has 1 fully saturated rings. The van der Waals surface area contributed by atoms with Crippen molar-refractivity contribution < 1.29 is 14.6 Å². The normalized spacial score (nSPS) is 16.9. The topological polar surface area (TPSA) is 46.5 Å². The van der Waals surface area contributed by atoms with E-state index in [9.17, 15) is 9.90 Å². The fraction of sp³-hybridized carbons (Fsp3) is 0.500. The molecule has 92 valence electrons. The number of benzene rings is 1. The third kappa shape index (κ3) is 1.90. The molecule has 1 aliphatic rings. The first-order chi connectivity index (χ1) is 8.01. The van der Waals surface area contributed by atoms with E-state index in [-0.39, 0.29) is 0 Å². The Morgan fingerprint density at radius 3 is 2.47 bits per heavy atom. The Morgan fingerprint density at radius 1 is 1.41 bits per heavy atom. The zero-order valence-electron chi connectivity index (χ0n) is 10.5. The van der Waals surface area contributed by atoms with Crippen molar-refractivity contribution in [1.82, 2.24) is 0 Å². The van der Waals surface area contributed by atoms with Crippen LogP contribution in [0.5, 0.6) is 5.75 Å². The standard InChI is InChI=1S/C14H18O3/c1-9(2)11-8-10(4-5-12(11)17-3)14(6-7-14)13(15)16/h4-5,8-9H,6-7H2,1-3H3,(H,15,16). The van der Waals surface area contributed by atoms with Crippen LogP contribution in [0.2, 0.25) is 0 Å². The lowest BCUT2D eigenvalue weighted by Crippen LogP contribution is -2.19. The Balaban J connectivity index is 2.45. The van der Waals surface area contributed by atoms with Crippen molar-refractivity contribution in [3.8, 4) is 5.75 Å². The molecule has 2 rings (SSSR count). The summed E-state index contributed by atoms with van der Waals surface area (Å²) in [6.07, 6.45) is 1.48. The Labute approximate surface area is 101 Å². The summed E-state index contributed by atoms with van der Waals surface area (Å²) >= 11 is 0. The predicted molar refractivity (Wildman–Crippen MR) is 65.6 cm³/mol. The van der Waals surface area contributed by atoms with E-state index in [2.05, 4.69) is 13.8 Å². The molecule has 0 heterocycles. The Morgan fingerprint density at radius 2 is 2.06 bits per heavy atom. The zero-order chi connectivity index (χ0) is 12.6. The molecule has 0 aromatic heterocycles. The van der Waals surface area contributed by atoms with Gasteiger partial charge in [-0.2, -0.15) is 0 Å². The molecule has 1 N–H and O–H groups in total. The first-order valence-corrected chi connectivity index (χ1v) is 5.93. The number of carbonyl (C=O) groups is 1. The van der Waals surface area contributed by atoms with Crippen LogP contribution in [-0.4, -0.2) is 18.2 Å². The summed E-state index contributed by atoms with van der Waals surface area (Å²) in [6.45, 7) is 4.17. The van der Waals surface area contributed by atoms with Gasteiger partial charge in [0.25, 0.3) is 0 Å². The van der Waals surface area contributed by atoms with Crippen molar-refractivity contribution in [2.75, 3.05) is 7.11 Å². The Kier molecular flexibility index (Phi) is 2.86. The highest BCUT2D eigenvalue weighted by atomic mass is 16.5. The number of rotatable bonds is 4. The first-order valence-electron chi connectivity index (χ1n) is 5.93. The summed E-state index contributed by atoms with van der Waals surface area (Å²) in [5.41, 5.74) is 1.36. The highest BCUT2D eigenvalue weighted by Gasteiger charge is 2.51. The van der Waals surface area contributed by atoms with Crippen molar-refractivity contribution >= 4 is 5.97 Å². The molecule has 0 radical (unpaired) electrons. The molecule has 0 saturated heterocycles. The summed E-state index contributed by atoms with van der Waals surface area (Å²) in [5, 5.41) is 9.28. The number of ether oxygens (including phenoxy) is 1. The van der Waals surface area contributed by atoms with Crippen LogP contribution in [0, 0.1) is 0 Å². The summed E-state index contributed by atoms with van der Waals surface area (Å²) in [7, 11) is 1.64. The molecule has 1 aliphatic carbocycles. The summed E-state index contributed by atoms with van der Waals surface area (Å²) in [4.78, 5) is 11.3. The molecule has 17 heavy (non-hydrogen) atoms. The fourth-order valence-electron chi connectivity index (χ4n) is 2.23. The first kappa shape index (κ1) is 12.0. The maximum absolute atomic E-state index is 11.3. The van der Waals surface area contributed by atoms with E-state index in [4.69, 9.17) is 4.74 Å². The minimum atomic E-state index is -0.711. The van der Waals surface area contributed by atoms with E-state index in [1.807, 2.05) is 18.2 Å². The lowest BCUT2D eigenvalue weighted by atomic mass is 9.91. The van der Waals surface area contributed by atoms with Crippen molar-refractivity contribution in [1.29, 1.82) is 0 Å². The van der Waals surface area contributed by atoms with Crippen LogP contribution in [0.1, 0.15) is 43.7 Å². The minimum absolute atomic E-state index is 0.328. The van der Waals surface area contributed by atoms with Gasteiger partial charge in [-0.05, 0) is 36.0 Å². The molecule has 1 aromatic carbocycles. The molecule has 1 saturated carbocycles. The van der Waals surface area contributed by atoms with Gasteiger partial charge < -0.3 is 9.84 Å². The third-order valence-corrected chi connectivity index (χ3v) is 3.56. The number of aliphatic carboxylic acids is 1. The molecular weight excluding hydrogens is 216 g/mol. The molecule has 0 unspecified atom stereocenters. The van der Waals surface area contributed by atoms with Gasteiger partial charge >= 0.3 is 5.97 Å². The predicted octanol–water partition coefficient (Wildman–Crippen LogP) is 2.93. The van der Waals surface area contributed by atoms with Gasteiger partial charge in [0, 0.05) is 0 Å². The van der Waals surface area contributed by atoms with Gasteiger partial charge in [0.1, 0.15) is 5.75 Å². The van der Waals surface area contributed by atoms with Crippen LogP contribution in [0.25, 0.3) is 0 Å². The van der Waals surface area contributed by atoms with Gasteiger partial charge in [-0.25, -0.2) is 0 Å². The molecule has 0 aliphatic heterocycles. The molecule has 0 amide bonds. The molecular formula is C14H18O3. The molecule has 0 bridgehead atoms. The summed E-state index contributed by atoms with van der Waals surface area (Å²) in [6, 6.07) is 5.75. The number of carboxylic acid groups (broad SMARTS) is 1. The summed E-state index contributed by atoms with van der Waals surface area (Å²) in [5.74, 6) is 0.455. The van der Waals surface area contributed by atoms with Crippen molar-refractivity contribution in [3.05, 3.63) is 29.3 Å². The maximum Gasteiger partial charge on any atom is 0.314 e. The van der Waals surface area contributed by atoms with E-state index in [0.717, 1.165) is 29.7 Å². The van der Waals surface area contributed by atoms with E-state index in [0.29, 0.717) is 5.92 Å². The van der Waals surface area contributed by atoms with Crippen molar-refractivity contribution in [3.63, 3.8) is 0 Å². The maximum atomic E-state index is 11.3. The van der Waals surface area contributed by atoms with Crippen LogP contribution >= 0.6 is 0 Å². The molecule has 3 heteroatoms. The van der Waals surface area contributed by atoms with E-state index < -0.39 is 11.4 Å². The molecule has 0 atom stereocenters. The third-order valence-electron chi connectivity index (χ3n) is 3.56. The number of carboxylic acids is 1. The monoisotopic (exact) mass is 234 g/mol. The lowest BCUT2D eigenvalue weighted by Gasteiger charge is -2.16. The number of hydrogen-bond acceptors (Lipinski definition) is 2. The number of methoxy groups -OCH3 is 1. The largest absolute Gasteiger partial charge is 0.496 e. The Hall–Kier alpha value is -1.51. The van der Waals surface area contributed by atoms with Gasteiger partial charge in [0.2, 0.25) is 0 Å². The SMILES string of the molecule is COc1ccc(C2(C(=O)O)CC2)cc1C(C)C. The smallest absolute Gasteiger partial charge is 0.314 e. The van der Waals surface area contributed by atoms with Crippen molar-refractivity contribution in [2.24, 2.45) is 0 Å². The zero-order valence-corrected chi connectivity index (χ0v) is 10.5. The van der Waals surface area contributed by atoms with Gasteiger partial charge in [-0.1, -0.05) is 26.0 Å². The summed E-state index contributed by atoms with van der Waals surface area (Å²) < 4.78 is 5.31. The highest BCUT2D eigenvalue weighted by Crippen LogP contribution is 2.49. The molecule has 0 spiro atoms. The van der Waals surface area contributed by atoms with E-state index in [1.54, 1.807) is 7.11 Å². The molecule has 1 aromatic rings. The van der Waals surface area contributed by atoms with Crippen LogP contribution in [-0.2, 0) is 10.2 Å². The second kappa shape index (κ2) is 4.06. The van der Waals surface area contributed by atoms with Crippen LogP contribution in [0.3, 0.4) is 0 Å². The van der Waals surface area contributed by atoms with Crippen molar-refractivity contribution in [2.45, 2.75) is 38.0 Å². The van der Waals surface area contributed by atoms with Crippen LogP contribution < -0.4 is 4.74 Å². The van der Waals surface area contributed by atoms with Gasteiger partial charge in [0.15, 0.2) is 0 Å². The second-order valence-electron chi connectivity index (χ2n) is 5.00. The quantitative estimate of drug-likeness (QED) is 0.871. The number of hydrogen-bond donors (Lipinski definition) is 1. The Bertz CT molecular complexity index is 445. The molecule has 3 nitrogen and oxygen atoms in total. The van der Waals surface area contributed by atoms with Gasteiger partial charge in [0.05, 0.1) is 12.5 Å². The van der Waals surface area contributed by atoms with Gasteiger partial charge in [-0.3, -0.25) is 4.79 Å². The highest BCUT2D eigenvalue weighted by molar-refractivity contribution is 5.85. The second-order valence-corrected chi connectivity index (χ2v) is 5.00.